The summed E-state index contributed by atoms with van der Waals surface area (Å²) < 4.78 is 0. The molecule has 0 saturated heterocycles. The zero-order valence-corrected chi connectivity index (χ0v) is 11.9. The Morgan fingerprint density at radius 1 is 1.00 bits per heavy atom. The Morgan fingerprint density at radius 2 is 1.55 bits per heavy atom. The second-order valence-corrected chi connectivity index (χ2v) is 4.81. The standard InChI is InChI=1S/C14H20N2O6/c17-6-11(21)15-12(10-4-2-1-3-5-10)13(22)16-14(7-18,8-19)9-20/h1-5,12,17-20H,6-9H2,(H,15,21)(H,16,22)/t12-/m1/s1. The maximum Gasteiger partial charge on any atom is 0.247 e. The van der Waals surface area contributed by atoms with E-state index in [9.17, 15) is 24.9 Å². The van der Waals surface area contributed by atoms with Crippen LogP contribution in [0.15, 0.2) is 30.3 Å². The number of carbonyl (C=O) groups is 2. The van der Waals surface area contributed by atoms with E-state index >= 15 is 0 Å². The zero-order valence-electron chi connectivity index (χ0n) is 11.9. The second-order valence-electron chi connectivity index (χ2n) is 4.81. The predicted molar refractivity (Wildman–Crippen MR) is 76.5 cm³/mol. The Labute approximate surface area is 127 Å². The van der Waals surface area contributed by atoms with Gasteiger partial charge in [0.15, 0.2) is 0 Å². The highest BCUT2D eigenvalue weighted by atomic mass is 16.3. The highest BCUT2D eigenvalue weighted by Gasteiger charge is 2.33. The number of rotatable bonds is 8. The van der Waals surface area contributed by atoms with Crippen molar-refractivity contribution in [2.24, 2.45) is 0 Å². The minimum Gasteiger partial charge on any atom is -0.394 e. The van der Waals surface area contributed by atoms with Gasteiger partial charge in [0.2, 0.25) is 11.8 Å². The van der Waals surface area contributed by atoms with Gasteiger partial charge in [0.1, 0.15) is 18.2 Å². The Morgan fingerprint density at radius 3 is 2.00 bits per heavy atom. The highest BCUT2D eigenvalue weighted by Crippen LogP contribution is 2.14. The minimum atomic E-state index is -1.60. The Bertz CT molecular complexity index is 481. The molecule has 0 aliphatic rings. The van der Waals surface area contributed by atoms with Gasteiger partial charge in [0, 0.05) is 0 Å². The molecule has 0 aliphatic heterocycles. The number of aliphatic hydroxyl groups is 4. The molecule has 0 saturated carbocycles. The van der Waals surface area contributed by atoms with Gasteiger partial charge in [-0.2, -0.15) is 0 Å². The van der Waals surface area contributed by atoms with Crippen LogP contribution in [0.5, 0.6) is 0 Å². The number of aliphatic hydroxyl groups excluding tert-OH is 4. The normalized spacial score (nSPS) is 12.5. The molecule has 0 unspecified atom stereocenters. The lowest BCUT2D eigenvalue weighted by Gasteiger charge is -2.31. The van der Waals surface area contributed by atoms with Crippen LogP contribution in [0.2, 0.25) is 0 Å². The summed E-state index contributed by atoms with van der Waals surface area (Å²) in [5.74, 6) is -1.49. The van der Waals surface area contributed by atoms with Gasteiger partial charge in [-0.1, -0.05) is 30.3 Å². The fourth-order valence-corrected chi connectivity index (χ4v) is 1.75. The molecule has 1 aromatic carbocycles. The Hall–Kier alpha value is -2.00. The van der Waals surface area contributed by atoms with Crippen LogP contribution < -0.4 is 10.6 Å². The summed E-state index contributed by atoms with van der Waals surface area (Å²) in [5.41, 5.74) is -1.15. The molecular weight excluding hydrogens is 292 g/mol. The van der Waals surface area contributed by atoms with Crippen molar-refractivity contribution < 1.29 is 30.0 Å². The molecule has 8 heteroatoms. The molecule has 0 fully saturated rings. The average molecular weight is 312 g/mol. The summed E-state index contributed by atoms with van der Waals surface area (Å²) in [6.45, 7) is -2.83. The monoisotopic (exact) mass is 312 g/mol. The first-order valence-electron chi connectivity index (χ1n) is 6.61. The Kier molecular flexibility index (Phi) is 6.93. The molecule has 22 heavy (non-hydrogen) atoms. The number of benzene rings is 1. The van der Waals surface area contributed by atoms with E-state index in [1.165, 1.54) is 0 Å². The number of amides is 2. The van der Waals surface area contributed by atoms with Gasteiger partial charge in [-0.25, -0.2) is 0 Å². The maximum absolute atomic E-state index is 12.3. The third kappa shape index (κ3) is 4.50. The lowest BCUT2D eigenvalue weighted by molar-refractivity contribution is -0.132. The van der Waals surface area contributed by atoms with Gasteiger partial charge < -0.3 is 31.1 Å². The third-order valence-electron chi connectivity index (χ3n) is 3.14. The van der Waals surface area contributed by atoms with Crippen molar-refractivity contribution >= 4 is 11.8 Å². The third-order valence-corrected chi connectivity index (χ3v) is 3.14. The van der Waals surface area contributed by atoms with Crippen molar-refractivity contribution in [1.29, 1.82) is 0 Å². The topological polar surface area (TPSA) is 139 Å². The predicted octanol–water partition coefficient (Wildman–Crippen LogP) is -2.33. The molecule has 0 aliphatic carbocycles. The summed E-state index contributed by atoms with van der Waals surface area (Å²) in [6.07, 6.45) is 0. The van der Waals surface area contributed by atoms with Gasteiger partial charge in [0.05, 0.1) is 19.8 Å². The van der Waals surface area contributed by atoms with Crippen molar-refractivity contribution in [3.63, 3.8) is 0 Å². The lowest BCUT2D eigenvalue weighted by atomic mass is 10.0. The van der Waals surface area contributed by atoms with E-state index in [1.54, 1.807) is 30.3 Å². The first kappa shape index (κ1) is 18.1. The molecule has 8 nitrogen and oxygen atoms in total. The van der Waals surface area contributed by atoms with E-state index in [1.807, 2.05) is 0 Å². The van der Waals surface area contributed by atoms with Crippen LogP contribution in [0.25, 0.3) is 0 Å². The van der Waals surface area contributed by atoms with Crippen molar-refractivity contribution in [3.8, 4) is 0 Å². The van der Waals surface area contributed by atoms with Crippen LogP contribution in [0.3, 0.4) is 0 Å². The first-order valence-corrected chi connectivity index (χ1v) is 6.61. The number of hydrogen-bond acceptors (Lipinski definition) is 6. The van der Waals surface area contributed by atoms with Gasteiger partial charge in [-0.3, -0.25) is 9.59 Å². The number of hydrogen-bond donors (Lipinski definition) is 6. The van der Waals surface area contributed by atoms with Gasteiger partial charge in [0.25, 0.3) is 0 Å². The molecule has 1 aromatic rings. The van der Waals surface area contributed by atoms with Crippen molar-refractivity contribution in [3.05, 3.63) is 35.9 Å². The molecule has 1 rings (SSSR count). The Balaban J connectivity index is 3.00. The second kappa shape index (κ2) is 8.44. The van der Waals surface area contributed by atoms with Gasteiger partial charge in [-0.15, -0.1) is 0 Å². The summed E-state index contributed by atoms with van der Waals surface area (Å²) in [7, 11) is 0. The first-order chi connectivity index (χ1) is 10.5. The molecule has 0 aromatic heterocycles. The van der Waals surface area contributed by atoms with Gasteiger partial charge >= 0.3 is 0 Å². The number of carbonyl (C=O) groups excluding carboxylic acids is 2. The maximum atomic E-state index is 12.3. The summed E-state index contributed by atoms with van der Waals surface area (Å²) in [5, 5.41) is 41.2. The van der Waals surface area contributed by atoms with Crippen LogP contribution in [0, 0.1) is 0 Å². The number of nitrogens with one attached hydrogen (secondary N) is 2. The summed E-state index contributed by atoms with van der Waals surface area (Å²) in [4.78, 5) is 23.7. The lowest BCUT2D eigenvalue weighted by Crippen LogP contribution is -2.59. The van der Waals surface area contributed by atoms with Crippen LogP contribution >= 0.6 is 0 Å². The molecule has 0 radical (unpaired) electrons. The van der Waals surface area contributed by atoms with E-state index in [0.29, 0.717) is 5.56 Å². The molecule has 0 heterocycles. The fraction of sp³-hybridized carbons (Fsp3) is 0.429. The van der Waals surface area contributed by atoms with Crippen molar-refractivity contribution in [2.45, 2.75) is 11.6 Å². The molecule has 0 bridgehead atoms. The SMILES string of the molecule is O=C(CO)N[C@@H](C(=O)NC(CO)(CO)CO)c1ccccc1. The molecule has 2 amide bonds. The molecule has 1 atom stereocenters. The molecule has 0 spiro atoms. The van der Waals surface area contributed by atoms with Gasteiger partial charge in [-0.05, 0) is 5.56 Å². The smallest absolute Gasteiger partial charge is 0.247 e. The van der Waals surface area contributed by atoms with E-state index < -0.39 is 49.8 Å². The quantitative estimate of drug-likeness (QED) is 0.318. The van der Waals surface area contributed by atoms with Crippen LogP contribution in [-0.4, -0.2) is 64.2 Å². The highest BCUT2D eigenvalue weighted by molar-refractivity contribution is 5.89. The fourth-order valence-electron chi connectivity index (χ4n) is 1.75. The van der Waals surface area contributed by atoms with Crippen LogP contribution in [-0.2, 0) is 9.59 Å². The van der Waals surface area contributed by atoms with E-state index in [-0.39, 0.29) is 0 Å². The summed E-state index contributed by atoms with van der Waals surface area (Å²) >= 11 is 0. The van der Waals surface area contributed by atoms with E-state index in [0.717, 1.165) is 0 Å². The minimum absolute atomic E-state index is 0.449. The molecule has 6 N–H and O–H groups in total. The van der Waals surface area contributed by atoms with Crippen LogP contribution in [0.4, 0.5) is 0 Å². The zero-order chi connectivity index (χ0) is 16.6. The molecule has 122 valence electrons. The largest absolute Gasteiger partial charge is 0.394 e. The summed E-state index contributed by atoms with van der Waals surface area (Å²) in [6, 6.07) is 7.12. The van der Waals surface area contributed by atoms with E-state index in [4.69, 9.17) is 5.11 Å². The van der Waals surface area contributed by atoms with Crippen LogP contribution in [0.1, 0.15) is 11.6 Å². The average Bonchev–Trinajstić information content (AvgIpc) is 2.58. The molecular formula is C14H20N2O6. The van der Waals surface area contributed by atoms with E-state index in [2.05, 4.69) is 10.6 Å². The van der Waals surface area contributed by atoms with Crippen molar-refractivity contribution in [1.82, 2.24) is 10.6 Å². The van der Waals surface area contributed by atoms with Crippen molar-refractivity contribution in [2.75, 3.05) is 26.4 Å².